The fourth-order valence-electron chi connectivity index (χ4n) is 3.19. The molecule has 4 rings (SSSR count). The fraction of sp³-hybridized carbons (Fsp3) is 0.125. The van der Waals surface area contributed by atoms with Gasteiger partial charge in [-0.2, -0.15) is 0 Å². The van der Waals surface area contributed by atoms with Crippen molar-refractivity contribution in [1.29, 1.82) is 0 Å². The molecule has 0 fully saturated rings. The van der Waals surface area contributed by atoms with Crippen molar-refractivity contribution in [1.82, 2.24) is 9.97 Å². The van der Waals surface area contributed by atoms with E-state index in [1.807, 2.05) is 66.9 Å². The highest BCUT2D eigenvalue weighted by Crippen LogP contribution is 2.37. The second-order valence-electron chi connectivity index (χ2n) is 6.75. The van der Waals surface area contributed by atoms with Gasteiger partial charge in [-0.3, -0.25) is 9.78 Å². The second kappa shape index (κ2) is 9.33. The fourth-order valence-corrected chi connectivity index (χ4v) is 4.22. The first-order valence-corrected chi connectivity index (χ1v) is 10.6. The number of hydrogen-bond donors (Lipinski definition) is 2. The molecular weight excluding hydrogens is 392 g/mol. The Morgan fingerprint density at radius 2 is 1.87 bits per heavy atom. The zero-order valence-corrected chi connectivity index (χ0v) is 17.4. The van der Waals surface area contributed by atoms with Crippen LogP contribution in [-0.2, 0) is 6.42 Å². The first kappa shape index (κ1) is 19.8. The van der Waals surface area contributed by atoms with Crippen molar-refractivity contribution in [2.75, 3.05) is 10.6 Å². The average molecular weight is 415 g/mol. The zero-order valence-electron chi connectivity index (χ0n) is 16.6. The predicted octanol–water partition coefficient (Wildman–Crippen LogP) is 5.55. The van der Waals surface area contributed by atoms with E-state index in [1.165, 1.54) is 4.88 Å². The van der Waals surface area contributed by atoms with E-state index < -0.39 is 0 Å². The molecule has 4 aromatic rings. The topological polar surface area (TPSA) is 66.9 Å². The Morgan fingerprint density at radius 1 is 1.03 bits per heavy atom. The van der Waals surface area contributed by atoms with Gasteiger partial charge in [0.25, 0.3) is 5.91 Å². The van der Waals surface area contributed by atoms with Crippen LogP contribution in [-0.4, -0.2) is 15.9 Å². The summed E-state index contributed by atoms with van der Waals surface area (Å²) in [7, 11) is 0. The van der Waals surface area contributed by atoms with Gasteiger partial charge in [0.2, 0.25) is 0 Å². The molecule has 0 saturated carbocycles. The van der Waals surface area contributed by atoms with E-state index in [9.17, 15) is 4.79 Å². The van der Waals surface area contributed by atoms with Gasteiger partial charge in [-0.05, 0) is 48.4 Å². The number of nitrogens with one attached hydrogen (secondary N) is 2. The summed E-state index contributed by atoms with van der Waals surface area (Å²) in [6.07, 6.45) is 6.24. The Labute approximate surface area is 179 Å². The normalized spacial score (nSPS) is 11.6. The van der Waals surface area contributed by atoms with E-state index in [-0.39, 0.29) is 11.9 Å². The van der Waals surface area contributed by atoms with Crippen LogP contribution in [0.3, 0.4) is 0 Å². The molecule has 0 aliphatic carbocycles. The first-order chi connectivity index (χ1) is 14.7. The van der Waals surface area contributed by atoms with Crippen LogP contribution in [0.25, 0.3) is 0 Å². The molecule has 0 spiro atoms. The van der Waals surface area contributed by atoms with Crippen LogP contribution in [0, 0.1) is 0 Å². The maximum absolute atomic E-state index is 12.8. The number of pyridine rings is 2. The Hall–Kier alpha value is -3.51. The van der Waals surface area contributed by atoms with Crippen molar-refractivity contribution in [3.63, 3.8) is 0 Å². The van der Waals surface area contributed by atoms with Crippen LogP contribution in [0.4, 0.5) is 10.8 Å². The number of aromatic nitrogens is 2. The molecule has 2 N–H and O–H groups in total. The van der Waals surface area contributed by atoms with Gasteiger partial charge < -0.3 is 10.6 Å². The minimum atomic E-state index is -0.198. The number of amides is 1. The average Bonchev–Trinajstić information content (AvgIpc) is 3.22. The summed E-state index contributed by atoms with van der Waals surface area (Å²) in [5, 5.41) is 7.45. The van der Waals surface area contributed by atoms with Crippen LogP contribution in [0.5, 0.6) is 0 Å². The summed E-state index contributed by atoms with van der Waals surface area (Å²) in [6, 6.07) is 20.9. The maximum atomic E-state index is 12.8. The van der Waals surface area contributed by atoms with Gasteiger partial charge in [0, 0.05) is 34.6 Å². The molecule has 5 nitrogen and oxygen atoms in total. The summed E-state index contributed by atoms with van der Waals surface area (Å²) in [6.45, 7) is 2.11. The highest BCUT2D eigenvalue weighted by Gasteiger charge is 2.22. The summed E-state index contributed by atoms with van der Waals surface area (Å²) < 4.78 is 0. The number of carbonyl (C=O) groups excluding carboxylic acids is 1. The molecule has 0 saturated heterocycles. The quantitative estimate of drug-likeness (QED) is 0.416. The molecule has 0 bridgehead atoms. The molecule has 0 aliphatic heterocycles. The number of rotatable bonds is 7. The molecule has 150 valence electrons. The van der Waals surface area contributed by atoms with Crippen molar-refractivity contribution < 1.29 is 4.79 Å². The summed E-state index contributed by atoms with van der Waals surface area (Å²) in [5.41, 5.74) is 2.63. The van der Waals surface area contributed by atoms with Crippen molar-refractivity contribution in [3.05, 3.63) is 107 Å². The van der Waals surface area contributed by atoms with Gasteiger partial charge in [0.05, 0.1) is 6.04 Å². The lowest BCUT2D eigenvalue weighted by Crippen LogP contribution is -2.17. The number of anilines is 2. The molecule has 0 radical (unpaired) electrons. The number of nitrogens with zero attached hydrogens (tertiary/aromatic N) is 2. The van der Waals surface area contributed by atoms with E-state index >= 15 is 0 Å². The number of benzene rings is 1. The van der Waals surface area contributed by atoms with E-state index in [2.05, 4.69) is 33.6 Å². The number of carbonyl (C=O) groups is 1. The van der Waals surface area contributed by atoms with Crippen molar-refractivity contribution >= 4 is 28.1 Å². The van der Waals surface area contributed by atoms with Crippen LogP contribution >= 0.6 is 11.3 Å². The van der Waals surface area contributed by atoms with Crippen molar-refractivity contribution in [3.8, 4) is 0 Å². The lowest BCUT2D eigenvalue weighted by atomic mass is 10.0. The van der Waals surface area contributed by atoms with Gasteiger partial charge >= 0.3 is 0 Å². The number of aryl methyl sites for hydroxylation is 1. The third-order valence-corrected chi connectivity index (χ3v) is 5.92. The monoisotopic (exact) mass is 414 g/mol. The third-order valence-electron chi connectivity index (χ3n) is 4.71. The van der Waals surface area contributed by atoms with Crippen molar-refractivity contribution in [2.45, 2.75) is 19.4 Å². The minimum Gasteiger partial charge on any atom is -0.359 e. The summed E-state index contributed by atoms with van der Waals surface area (Å²) in [5.74, 6) is 0.639. The van der Waals surface area contributed by atoms with Gasteiger partial charge in [-0.1, -0.05) is 37.3 Å². The van der Waals surface area contributed by atoms with E-state index in [4.69, 9.17) is 0 Å². The van der Waals surface area contributed by atoms with Gasteiger partial charge in [0.1, 0.15) is 10.8 Å². The van der Waals surface area contributed by atoms with Gasteiger partial charge in [0.15, 0.2) is 0 Å². The highest BCUT2D eigenvalue weighted by atomic mass is 32.1. The van der Waals surface area contributed by atoms with Crippen LogP contribution in [0.15, 0.2) is 85.3 Å². The molecule has 30 heavy (non-hydrogen) atoms. The lowest BCUT2D eigenvalue weighted by Gasteiger charge is -2.20. The SMILES string of the molecule is CCc1cc(C(Nc2ccccn2)c2cccnc2)c(NC(=O)c2ccccc2)s1. The largest absolute Gasteiger partial charge is 0.359 e. The van der Waals surface area contributed by atoms with E-state index in [0.717, 1.165) is 28.4 Å². The number of thiophene rings is 1. The Kier molecular flexibility index (Phi) is 6.15. The highest BCUT2D eigenvalue weighted by molar-refractivity contribution is 7.16. The smallest absolute Gasteiger partial charge is 0.256 e. The van der Waals surface area contributed by atoms with E-state index in [1.54, 1.807) is 23.7 Å². The standard InChI is InChI=1S/C24H22N4OS/c1-2-19-15-20(24(30-19)28-23(29)17-9-4-3-5-10-17)22(18-11-8-13-25-16-18)27-21-12-6-7-14-26-21/h3-16,22H,2H2,1H3,(H,26,27)(H,28,29). The Morgan fingerprint density at radius 3 is 2.57 bits per heavy atom. The Balaban J connectivity index is 1.72. The lowest BCUT2D eigenvalue weighted by molar-refractivity contribution is 0.102. The minimum absolute atomic E-state index is 0.121. The third kappa shape index (κ3) is 4.55. The van der Waals surface area contributed by atoms with Crippen LogP contribution < -0.4 is 10.6 Å². The Bertz CT molecular complexity index is 1100. The van der Waals surface area contributed by atoms with Crippen molar-refractivity contribution in [2.24, 2.45) is 0 Å². The van der Waals surface area contributed by atoms with Gasteiger partial charge in [-0.25, -0.2) is 4.98 Å². The summed E-state index contributed by atoms with van der Waals surface area (Å²) >= 11 is 1.60. The molecule has 1 unspecified atom stereocenters. The molecule has 3 aromatic heterocycles. The molecule has 6 heteroatoms. The maximum Gasteiger partial charge on any atom is 0.256 e. The number of hydrogen-bond acceptors (Lipinski definition) is 5. The molecule has 0 aliphatic rings. The molecule has 1 amide bonds. The molecular formula is C24H22N4OS. The zero-order chi connectivity index (χ0) is 20.8. The van der Waals surface area contributed by atoms with Crippen LogP contribution in [0.1, 0.15) is 39.3 Å². The first-order valence-electron chi connectivity index (χ1n) is 9.81. The molecule has 1 aromatic carbocycles. The van der Waals surface area contributed by atoms with Crippen LogP contribution in [0.2, 0.25) is 0 Å². The molecule has 1 atom stereocenters. The predicted molar refractivity (Wildman–Crippen MR) is 122 cm³/mol. The van der Waals surface area contributed by atoms with E-state index in [0.29, 0.717) is 5.56 Å². The molecule has 3 heterocycles. The summed E-state index contributed by atoms with van der Waals surface area (Å²) in [4.78, 5) is 22.7. The second-order valence-corrected chi connectivity index (χ2v) is 7.89. The van der Waals surface area contributed by atoms with Gasteiger partial charge in [-0.15, -0.1) is 11.3 Å².